The van der Waals surface area contributed by atoms with Crippen molar-refractivity contribution in [2.75, 3.05) is 5.32 Å². The third-order valence-electron chi connectivity index (χ3n) is 3.13. The number of nitrogens with zero attached hydrogens (tertiary/aromatic N) is 2. The first-order valence-corrected chi connectivity index (χ1v) is 7.76. The normalized spacial score (nSPS) is 11.6. The lowest BCUT2D eigenvalue weighted by Crippen LogP contribution is -2.15. The molecule has 0 bridgehead atoms. The van der Waals surface area contributed by atoms with Crippen LogP contribution in [0.2, 0.25) is 0 Å². The third kappa shape index (κ3) is 4.84. The Kier molecular flexibility index (Phi) is 5.64. The number of aryl methyl sites for hydroxylation is 1. The number of rotatable bonds is 6. The van der Waals surface area contributed by atoms with Crippen molar-refractivity contribution in [3.63, 3.8) is 0 Å². The summed E-state index contributed by atoms with van der Waals surface area (Å²) >= 11 is 0. The van der Waals surface area contributed by atoms with Crippen molar-refractivity contribution in [3.05, 3.63) is 41.6 Å². The van der Waals surface area contributed by atoms with Crippen LogP contribution in [0.4, 0.5) is 24.8 Å². The van der Waals surface area contributed by atoms with E-state index in [0.717, 1.165) is 30.3 Å². The highest BCUT2D eigenvalue weighted by Crippen LogP contribution is 2.35. The summed E-state index contributed by atoms with van der Waals surface area (Å²) in [6, 6.07) is 7.61. The van der Waals surface area contributed by atoms with Gasteiger partial charge in [-0.1, -0.05) is 25.5 Å². The molecule has 0 aliphatic carbocycles. The fraction of sp³-hybridized carbons (Fsp3) is 0.412. The molecule has 1 heterocycles. The predicted molar refractivity (Wildman–Crippen MR) is 86.5 cm³/mol. The number of hydrogen-bond donors (Lipinski definition) is 1. The van der Waals surface area contributed by atoms with Gasteiger partial charge in [-0.3, -0.25) is 0 Å². The standard InChI is InChI=1S/C17H20F3N3O/c1-4-6-12-7-5-8-13(9-12)22-16-21-10-14(17(18,19)20)15(23-16)24-11(2)3/h5,7-11H,4,6H2,1-3H3,(H,21,22,23). The van der Waals surface area contributed by atoms with Crippen LogP contribution in [0, 0.1) is 0 Å². The van der Waals surface area contributed by atoms with Gasteiger partial charge in [0.25, 0.3) is 0 Å². The van der Waals surface area contributed by atoms with Gasteiger partial charge in [0.2, 0.25) is 11.8 Å². The highest BCUT2D eigenvalue weighted by molar-refractivity contribution is 5.55. The Bertz CT molecular complexity index is 687. The summed E-state index contributed by atoms with van der Waals surface area (Å²) in [4.78, 5) is 7.65. The molecular formula is C17H20F3N3O. The van der Waals surface area contributed by atoms with Crippen LogP contribution in [-0.2, 0) is 12.6 Å². The van der Waals surface area contributed by atoms with Gasteiger partial charge in [-0.2, -0.15) is 18.2 Å². The van der Waals surface area contributed by atoms with Gasteiger partial charge in [-0.05, 0) is 38.0 Å². The minimum absolute atomic E-state index is 0.0623. The van der Waals surface area contributed by atoms with Crippen LogP contribution in [-0.4, -0.2) is 16.1 Å². The van der Waals surface area contributed by atoms with E-state index >= 15 is 0 Å². The summed E-state index contributed by atoms with van der Waals surface area (Å²) in [5.41, 5.74) is 0.866. The summed E-state index contributed by atoms with van der Waals surface area (Å²) < 4.78 is 44.2. The van der Waals surface area contributed by atoms with E-state index in [-0.39, 0.29) is 5.95 Å². The molecule has 0 aliphatic heterocycles. The molecular weight excluding hydrogens is 319 g/mol. The largest absolute Gasteiger partial charge is 0.474 e. The molecule has 7 heteroatoms. The molecule has 0 atom stereocenters. The molecule has 1 aromatic carbocycles. The monoisotopic (exact) mass is 339 g/mol. The van der Waals surface area contributed by atoms with Gasteiger partial charge in [0.15, 0.2) is 0 Å². The van der Waals surface area contributed by atoms with E-state index in [1.807, 2.05) is 24.3 Å². The molecule has 2 rings (SSSR count). The van der Waals surface area contributed by atoms with Crippen molar-refractivity contribution in [1.82, 2.24) is 9.97 Å². The van der Waals surface area contributed by atoms with Gasteiger partial charge in [-0.15, -0.1) is 0 Å². The number of benzene rings is 1. The van der Waals surface area contributed by atoms with Crippen molar-refractivity contribution in [2.24, 2.45) is 0 Å². The zero-order valence-corrected chi connectivity index (χ0v) is 13.8. The SMILES string of the molecule is CCCc1cccc(Nc2ncc(C(F)(F)F)c(OC(C)C)n2)c1. The summed E-state index contributed by atoms with van der Waals surface area (Å²) in [5.74, 6) is -0.410. The van der Waals surface area contributed by atoms with E-state index in [2.05, 4.69) is 22.2 Å². The Labute approximate surface area is 139 Å². The number of ether oxygens (including phenoxy) is 1. The van der Waals surface area contributed by atoms with Gasteiger partial charge in [-0.25, -0.2) is 4.98 Å². The lowest BCUT2D eigenvalue weighted by atomic mass is 10.1. The van der Waals surface area contributed by atoms with E-state index in [1.165, 1.54) is 0 Å². The van der Waals surface area contributed by atoms with Crippen LogP contribution >= 0.6 is 0 Å². The molecule has 0 unspecified atom stereocenters. The first kappa shape index (κ1) is 18.0. The molecule has 0 fully saturated rings. The molecule has 24 heavy (non-hydrogen) atoms. The molecule has 4 nitrogen and oxygen atoms in total. The number of hydrogen-bond acceptors (Lipinski definition) is 4. The van der Waals surface area contributed by atoms with Crippen LogP contribution in [0.15, 0.2) is 30.5 Å². The van der Waals surface area contributed by atoms with Gasteiger partial charge < -0.3 is 10.1 Å². The third-order valence-corrected chi connectivity index (χ3v) is 3.13. The summed E-state index contributed by atoms with van der Waals surface area (Å²) in [6.45, 7) is 5.36. The average Bonchev–Trinajstić information content (AvgIpc) is 2.46. The topological polar surface area (TPSA) is 47.0 Å². The second-order valence-electron chi connectivity index (χ2n) is 5.65. The van der Waals surface area contributed by atoms with Gasteiger partial charge in [0.05, 0.1) is 6.10 Å². The maximum atomic E-state index is 13.0. The summed E-state index contributed by atoms with van der Waals surface area (Å²) in [5, 5.41) is 2.93. The van der Waals surface area contributed by atoms with E-state index in [1.54, 1.807) is 13.8 Å². The van der Waals surface area contributed by atoms with E-state index < -0.39 is 23.7 Å². The van der Waals surface area contributed by atoms with Crippen LogP contribution in [0.3, 0.4) is 0 Å². The highest BCUT2D eigenvalue weighted by Gasteiger charge is 2.36. The fourth-order valence-electron chi connectivity index (χ4n) is 2.16. The van der Waals surface area contributed by atoms with E-state index in [0.29, 0.717) is 0 Å². The molecule has 0 aliphatic rings. The molecule has 0 spiro atoms. The van der Waals surface area contributed by atoms with E-state index in [9.17, 15) is 13.2 Å². The summed E-state index contributed by atoms with van der Waals surface area (Å²) in [7, 11) is 0. The van der Waals surface area contributed by atoms with Crippen molar-refractivity contribution in [2.45, 2.75) is 45.9 Å². The zero-order valence-electron chi connectivity index (χ0n) is 13.8. The molecule has 2 aromatic rings. The average molecular weight is 339 g/mol. The Hall–Kier alpha value is -2.31. The van der Waals surface area contributed by atoms with Crippen molar-refractivity contribution >= 4 is 11.6 Å². The van der Waals surface area contributed by atoms with Crippen LogP contribution < -0.4 is 10.1 Å². The zero-order chi connectivity index (χ0) is 17.7. The van der Waals surface area contributed by atoms with Gasteiger partial charge in [0, 0.05) is 11.9 Å². The van der Waals surface area contributed by atoms with Crippen LogP contribution in [0.25, 0.3) is 0 Å². The Morgan fingerprint density at radius 3 is 2.62 bits per heavy atom. The Morgan fingerprint density at radius 2 is 2.00 bits per heavy atom. The van der Waals surface area contributed by atoms with Crippen LogP contribution in [0.1, 0.15) is 38.3 Å². The minimum atomic E-state index is -4.57. The Balaban J connectivity index is 2.29. The molecule has 0 radical (unpaired) electrons. The number of aromatic nitrogens is 2. The predicted octanol–water partition coefficient (Wildman–Crippen LogP) is 4.98. The minimum Gasteiger partial charge on any atom is -0.474 e. The second kappa shape index (κ2) is 7.51. The second-order valence-corrected chi connectivity index (χ2v) is 5.65. The number of halogens is 3. The quantitative estimate of drug-likeness (QED) is 0.806. The number of nitrogens with one attached hydrogen (secondary N) is 1. The first-order chi connectivity index (χ1) is 11.3. The lowest BCUT2D eigenvalue weighted by molar-refractivity contribution is -0.139. The molecule has 130 valence electrons. The summed E-state index contributed by atoms with van der Waals surface area (Å²) in [6.07, 6.45) is -2.33. The fourth-order valence-corrected chi connectivity index (χ4v) is 2.16. The first-order valence-electron chi connectivity index (χ1n) is 7.76. The van der Waals surface area contributed by atoms with Crippen molar-refractivity contribution < 1.29 is 17.9 Å². The van der Waals surface area contributed by atoms with Gasteiger partial charge >= 0.3 is 6.18 Å². The highest BCUT2D eigenvalue weighted by atomic mass is 19.4. The molecule has 0 saturated heterocycles. The molecule has 0 amide bonds. The molecule has 1 N–H and O–H groups in total. The molecule has 0 saturated carbocycles. The van der Waals surface area contributed by atoms with Crippen molar-refractivity contribution in [3.8, 4) is 5.88 Å². The van der Waals surface area contributed by atoms with Crippen LogP contribution in [0.5, 0.6) is 5.88 Å². The maximum absolute atomic E-state index is 13.0. The lowest BCUT2D eigenvalue weighted by Gasteiger charge is -2.16. The molecule has 1 aromatic heterocycles. The van der Waals surface area contributed by atoms with Gasteiger partial charge in [0.1, 0.15) is 5.56 Å². The smallest absolute Gasteiger partial charge is 0.423 e. The maximum Gasteiger partial charge on any atom is 0.423 e. The Morgan fingerprint density at radius 1 is 1.25 bits per heavy atom. The van der Waals surface area contributed by atoms with E-state index in [4.69, 9.17) is 4.74 Å². The number of alkyl halides is 3. The van der Waals surface area contributed by atoms with Crippen molar-refractivity contribution in [1.29, 1.82) is 0 Å². The number of anilines is 2.